The van der Waals surface area contributed by atoms with Crippen LogP contribution in [0, 0.1) is 5.92 Å². The van der Waals surface area contributed by atoms with Crippen molar-refractivity contribution in [2.45, 2.75) is 60.6 Å². The Kier molecular flexibility index (Phi) is 12.4. The second-order valence-electron chi connectivity index (χ2n) is 4.80. The molecule has 0 bridgehead atoms. The van der Waals surface area contributed by atoms with Gasteiger partial charge in [-0.1, -0.05) is 41.5 Å². The molecule has 0 heterocycles. The molecule has 5 heteroatoms. The predicted molar refractivity (Wildman–Crippen MR) is 89.1 cm³/mol. The summed E-state index contributed by atoms with van der Waals surface area (Å²) < 4.78 is 42.9. The molecule has 0 aliphatic heterocycles. The molecule has 1 rings (SSSR count). The van der Waals surface area contributed by atoms with Gasteiger partial charge in [0, 0.05) is 12.0 Å². The van der Waals surface area contributed by atoms with E-state index in [-0.39, 0.29) is 23.5 Å². The molecule has 0 amide bonds. The smallest absolute Gasteiger partial charge is 0.416 e. The molecule has 0 radical (unpaired) electrons. The van der Waals surface area contributed by atoms with Crippen molar-refractivity contribution >= 4 is 5.78 Å². The van der Waals surface area contributed by atoms with E-state index in [1.165, 1.54) is 13.2 Å². The van der Waals surface area contributed by atoms with Crippen LogP contribution in [0.3, 0.4) is 0 Å². The molecular formula is C18H29F3O2. The Labute approximate surface area is 138 Å². The maximum absolute atomic E-state index is 12.7. The third-order valence-corrected chi connectivity index (χ3v) is 2.74. The lowest BCUT2D eigenvalue weighted by Crippen LogP contribution is -2.09. The van der Waals surface area contributed by atoms with Crippen molar-refractivity contribution in [3.8, 4) is 5.75 Å². The quantitative estimate of drug-likeness (QED) is 0.584. The minimum absolute atomic E-state index is 0.0442. The van der Waals surface area contributed by atoms with Crippen LogP contribution < -0.4 is 4.74 Å². The van der Waals surface area contributed by atoms with Gasteiger partial charge >= 0.3 is 6.18 Å². The molecule has 0 fully saturated rings. The average molecular weight is 334 g/mol. The van der Waals surface area contributed by atoms with Gasteiger partial charge in [-0.15, -0.1) is 0 Å². The van der Waals surface area contributed by atoms with E-state index in [9.17, 15) is 18.0 Å². The first-order valence-corrected chi connectivity index (χ1v) is 8.03. The summed E-state index contributed by atoms with van der Waals surface area (Å²) in [6.07, 6.45) is -3.60. The largest absolute Gasteiger partial charge is 0.497 e. The Hall–Kier alpha value is -1.52. The molecule has 0 unspecified atom stereocenters. The zero-order valence-corrected chi connectivity index (χ0v) is 15.2. The van der Waals surface area contributed by atoms with Crippen molar-refractivity contribution in [3.63, 3.8) is 0 Å². The third-order valence-electron chi connectivity index (χ3n) is 2.74. The second-order valence-corrected chi connectivity index (χ2v) is 4.80. The Balaban J connectivity index is 0. The summed E-state index contributed by atoms with van der Waals surface area (Å²) in [5.74, 6) is 0.0810. The Morgan fingerprint density at radius 3 is 2.00 bits per heavy atom. The molecule has 0 aliphatic carbocycles. The van der Waals surface area contributed by atoms with Gasteiger partial charge in [-0.25, -0.2) is 0 Å². The second kappa shape index (κ2) is 12.0. The third kappa shape index (κ3) is 9.26. The highest BCUT2D eigenvalue weighted by atomic mass is 19.4. The van der Waals surface area contributed by atoms with Crippen molar-refractivity contribution in [2.75, 3.05) is 7.11 Å². The summed E-state index contributed by atoms with van der Waals surface area (Å²) >= 11 is 0. The van der Waals surface area contributed by atoms with Crippen LogP contribution in [-0.2, 0) is 6.18 Å². The number of rotatable bonds is 5. The number of carbonyl (C=O) groups is 1. The Morgan fingerprint density at radius 1 is 1.09 bits per heavy atom. The molecule has 1 aromatic rings. The number of ketones is 1. The number of alkyl halides is 3. The lowest BCUT2D eigenvalue weighted by atomic mass is 9.99. The maximum Gasteiger partial charge on any atom is 0.416 e. The van der Waals surface area contributed by atoms with E-state index >= 15 is 0 Å². The number of hydrogen-bond acceptors (Lipinski definition) is 2. The standard InChI is InChI=1S/C14H17F3O2.2C2H6/c1-9(2)4-5-13(18)10-6-11(14(15,16)17)8-12(7-10)19-3;2*1-2/h6-9H,4-5H2,1-3H3;2*1-2H3. The molecular weight excluding hydrogens is 305 g/mol. The van der Waals surface area contributed by atoms with E-state index < -0.39 is 11.7 Å². The average Bonchev–Trinajstić information content (AvgIpc) is 2.55. The van der Waals surface area contributed by atoms with Gasteiger partial charge in [0.25, 0.3) is 0 Å². The molecule has 0 saturated carbocycles. The van der Waals surface area contributed by atoms with E-state index in [0.717, 1.165) is 12.1 Å². The molecule has 1 aromatic carbocycles. The molecule has 0 atom stereocenters. The van der Waals surface area contributed by atoms with Gasteiger partial charge in [0.05, 0.1) is 12.7 Å². The zero-order valence-electron chi connectivity index (χ0n) is 15.2. The van der Waals surface area contributed by atoms with Crippen LogP contribution in [0.2, 0.25) is 0 Å². The molecule has 2 nitrogen and oxygen atoms in total. The van der Waals surface area contributed by atoms with Gasteiger partial charge < -0.3 is 4.74 Å². The van der Waals surface area contributed by atoms with Crippen molar-refractivity contribution in [1.82, 2.24) is 0 Å². The Morgan fingerprint density at radius 2 is 1.61 bits per heavy atom. The highest BCUT2D eigenvalue weighted by Crippen LogP contribution is 2.33. The molecule has 0 saturated heterocycles. The summed E-state index contributed by atoms with van der Waals surface area (Å²) in [7, 11) is 1.28. The van der Waals surface area contributed by atoms with Crippen LogP contribution in [0.4, 0.5) is 13.2 Å². The van der Waals surface area contributed by atoms with Gasteiger partial charge in [0.1, 0.15) is 5.75 Å². The first-order chi connectivity index (χ1) is 10.7. The number of hydrogen-bond donors (Lipinski definition) is 0. The lowest BCUT2D eigenvalue weighted by Gasteiger charge is -2.11. The number of Topliss-reactive ketones (excluding diaryl/α,β-unsaturated/α-hetero) is 1. The van der Waals surface area contributed by atoms with E-state index in [1.54, 1.807) is 0 Å². The van der Waals surface area contributed by atoms with Gasteiger partial charge in [-0.2, -0.15) is 13.2 Å². The van der Waals surface area contributed by atoms with Crippen LogP contribution in [0.15, 0.2) is 18.2 Å². The maximum atomic E-state index is 12.7. The summed E-state index contributed by atoms with van der Waals surface area (Å²) in [6, 6.07) is 3.11. The SMILES string of the molecule is CC.CC.COc1cc(C(=O)CCC(C)C)cc(C(F)(F)F)c1. The van der Waals surface area contributed by atoms with Gasteiger partial charge in [-0.05, 0) is 30.5 Å². The van der Waals surface area contributed by atoms with Gasteiger partial charge in [0.2, 0.25) is 0 Å². The summed E-state index contributed by atoms with van der Waals surface area (Å²) in [5.41, 5.74) is -0.813. The normalized spacial score (nSPS) is 10.2. The molecule has 0 N–H and O–H groups in total. The minimum Gasteiger partial charge on any atom is -0.497 e. The predicted octanol–water partition coefficient (Wildman–Crippen LogP) is 6.39. The van der Waals surface area contributed by atoms with Gasteiger partial charge in [0.15, 0.2) is 5.78 Å². The van der Waals surface area contributed by atoms with Crippen LogP contribution in [0.1, 0.15) is 70.3 Å². The topological polar surface area (TPSA) is 26.3 Å². The number of benzene rings is 1. The van der Waals surface area contributed by atoms with Crippen LogP contribution in [-0.4, -0.2) is 12.9 Å². The molecule has 23 heavy (non-hydrogen) atoms. The zero-order chi connectivity index (χ0) is 18.6. The highest BCUT2D eigenvalue weighted by Gasteiger charge is 2.32. The Bertz CT molecular complexity index is 452. The van der Waals surface area contributed by atoms with Crippen molar-refractivity contribution in [1.29, 1.82) is 0 Å². The van der Waals surface area contributed by atoms with Gasteiger partial charge in [-0.3, -0.25) is 4.79 Å². The van der Waals surface area contributed by atoms with Crippen molar-refractivity contribution in [3.05, 3.63) is 29.3 Å². The fraction of sp³-hybridized carbons (Fsp3) is 0.611. The molecule has 134 valence electrons. The number of halogens is 3. The fourth-order valence-electron chi connectivity index (χ4n) is 1.61. The summed E-state index contributed by atoms with van der Waals surface area (Å²) in [6.45, 7) is 11.9. The fourth-order valence-corrected chi connectivity index (χ4v) is 1.61. The van der Waals surface area contributed by atoms with E-state index in [1.807, 2.05) is 41.5 Å². The van der Waals surface area contributed by atoms with Crippen LogP contribution in [0.5, 0.6) is 5.75 Å². The van der Waals surface area contributed by atoms with Crippen LogP contribution in [0.25, 0.3) is 0 Å². The van der Waals surface area contributed by atoms with E-state index in [2.05, 4.69) is 0 Å². The highest BCUT2D eigenvalue weighted by molar-refractivity contribution is 5.96. The number of methoxy groups -OCH3 is 1. The van der Waals surface area contributed by atoms with Crippen LogP contribution >= 0.6 is 0 Å². The number of ether oxygens (including phenoxy) is 1. The van der Waals surface area contributed by atoms with Crippen molar-refractivity contribution in [2.24, 2.45) is 5.92 Å². The first kappa shape index (κ1) is 23.7. The minimum atomic E-state index is -4.48. The van der Waals surface area contributed by atoms with E-state index in [0.29, 0.717) is 12.3 Å². The molecule has 0 aliphatic rings. The van der Waals surface area contributed by atoms with Crippen molar-refractivity contribution < 1.29 is 22.7 Å². The van der Waals surface area contributed by atoms with E-state index in [4.69, 9.17) is 4.74 Å². The summed E-state index contributed by atoms with van der Waals surface area (Å²) in [4.78, 5) is 11.9. The monoisotopic (exact) mass is 334 g/mol. The lowest BCUT2D eigenvalue weighted by molar-refractivity contribution is -0.137. The number of carbonyl (C=O) groups excluding carboxylic acids is 1. The molecule has 0 aromatic heterocycles. The molecule has 0 spiro atoms. The first-order valence-electron chi connectivity index (χ1n) is 8.03. The summed E-state index contributed by atoms with van der Waals surface area (Å²) in [5, 5.41) is 0.